The Kier molecular flexibility index (Phi) is 4.09. The van der Waals surface area contributed by atoms with Crippen LogP contribution < -0.4 is 0 Å². The molecule has 28 heavy (non-hydrogen) atoms. The molecule has 0 bridgehead atoms. The van der Waals surface area contributed by atoms with Crippen molar-refractivity contribution >= 4 is 16.7 Å². The summed E-state index contributed by atoms with van der Waals surface area (Å²) in [6.07, 6.45) is 9.34. The van der Waals surface area contributed by atoms with Gasteiger partial charge in [0.05, 0.1) is 11.7 Å². The maximum Gasteiger partial charge on any atom is 0.178 e. The van der Waals surface area contributed by atoms with E-state index >= 15 is 0 Å². The third-order valence-corrected chi connectivity index (χ3v) is 6.35. The van der Waals surface area contributed by atoms with Crippen molar-refractivity contribution in [3.05, 3.63) is 47.9 Å². The fourth-order valence-electron chi connectivity index (χ4n) is 4.64. The molecule has 3 aromatic rings. The van der Waals surface area contributed by atoms with Crippen LogP contribution in [-0.2, 0) is 13.6 Å². The Morgan fingerprint density at radius 2 is 2.07 bits per heavy atom. The Hall–Kier alpha value is -2.53. The smallest absolute Gasteiger partial charge is 0.178 e. The molecule has 0 radical (unpaired) electrons. The van der Waals surface area contributed by atoms with E-state index in [0.717, 1.165) is 28.6 Å². The first-order chi connectivity index (χ1) is 13.5. The zero-order chi connectivity index (χ0) is 19.3. The van der Waals surface area contributed by atoms with E-state index in [0.29, 0.717) is 11.1 Å². The number of hydrogen-bond donors (Lipinski definition) is 0. The van der Waals surface area contributed by atoms with Crippen molar-refractivity contribution in [2.75, 3.05) is 13.1 Å². The molecule has 2 aromatic heterocycles. The molecule has 0 unspecified atom stereocenters. The molecule has 1 spiro atoms. The van der Waals surface area contributed by atoms with E-state index in [4.69, 9.17) is 0 Å². The molecule has 0 amide bonds. The fourth-order valence-corrected chi connectivity index (χ4v) is 4.64. The second-order valence-electron chi connectivity index (χ2n) is 8.68. The van der Waals surface area contributed by atoms with Crippen LogP contribution in [0.1, 0.15) is 48.7 Å². The maximum atomic E-state index is 12.1. The molecule has 0 atom stereocenters. The van der Waals surface area contributed by atoms with Gasteiger partial charge in [0.2, 0.25) is 0 Å². The number of ketones is 1. The second-order valence-corrected chi connectivity index (χ2v) is 8.68. The van der Waals surface area contributed by atoms with Crippen LogP contribution >= 0.6 is 0 Å². The zero-order valence-electron chi connectivity index (χ0n) is 16.6. The van der Waals surface area contributed by atoms with Gasteiger partial charge in [-0.15, -0.1) is 0 Å². The summed E-state index contributed by atoms with van der Waals surface area (Å²) < 4.78 is 1.79. The van der Waals surface area contributed by atoms with Crippen molar-refractivity contribution < 1.29 is 4.79 Å². The van der Waals surface area contributed by atoms with Crippen molar-refractivity contribution in [1.82, 2.24) is 19.7 Å². The maximum absolute atomic E-state index is 12.1. The lowest BCUT2D eigenvalue weighted by molar-refractivity contribution is 0.101. The van der Waals surface area contributed by atoms with E-state index in [2.05, 4.69) is 33.2 Å². The van der Waals surface area contributed by atoms with Gasteiger partial charge in [-0.25, -0.2) is 4.98 Å². The molecule has 1 saturated carbocycles. The Bertz CT molecular complexity index is 1060. The minimum absolute atomic E-state index is 0.0100. The fraction of sp³-hybridized carbons (Fsp3) is 0.435. The molecule has 5 heteroatoms. The van der Waals surface area contributed by atoms with Gasteiger partial charge in [-0.2, -0.15) is 5.10 Å². The minimum atomic E-state index is -0.0100. The topological polar surface area (TPSA) is 51.0 Å². The van der Waals surface area contributed by atoms with Crippen LogP contribution in [-0.4, -0.2) is 38.5 Å². The Morgan fingerprint density at radius 1 is 1.21 bits per heavy atom. The van der Waals surface area contributed by atoms with Crippen molar-refractivity contribution in [3.63, 3.8) is 0 Å². The molecule has 1 aliphatic carbocycles. The number of Topliss-reactive ketones (excluding diaryl/α,β-unsaturated/α-hetero) is 1. The summed E-state index contributed by atoms with van der Waals surface area (Å²) in [6.45, 7) is 4.95. The van der Waals surface area contributed by atoms with Crippen LogP contribution in [0.15, 0.2) is 36.7 Å². The third kappa shape index (κ3) is 3.24. The summed E-state index contributed by atoms with van der Waals surface area (Å²) in [4.78, 5) is 19.3. The number of fused-ring (bicyclic) bond motifs is 1. The van der Waals surface area contributed by atoms with Crippen molar-refractivity contribution in [2.24, 2.45) is 12.5 Å². The number of carbonyl (C=O) groups excluding carboxylic acids is 1. The highest BCUT2D eigenvalue weighted by atomic mass is 16.1. The van der Waals surface area contributed by atoms with Gasteiger partial charge in [0, 0.05) is 44.2 Å². The van der Waals surface area contributed by atoms with E-state index < -0.39 is 0 Å². The normalized spacial score (nSPS) is 18.6. The van der Waals surface area contributed by atoms with Crippen LogP contribution in [0.5, 0.6) is 0 Å². The molecule has 2 fully saturated rings. The molecule has 2 aliphatic rings. The largest absolute Gasteiger partial charge is 0.299 e. The van der Waals surface area contributed by atoms with Gasteiger partial charge in [-0.3, -0.25) is 14.4 Å². The first-order valence-electron chi connectivity index (χ1n) is 10.2. The van der Waals surface area contributed by atoms with Crippen molar-refractivity contribution in [1.29, 1.82) is 0 Å². The molecule has 144 valence electrons. The highest BCUT2D eigenvalue weighted by Crippen LogP contribution is 2.52. The first-order valence-corrected chi connectivity index (χ1v) is 10.2. The molecule has 5 rings (SSSR count). The third-order valence-electron chi connectivity index (χ3n) is 6.35. The van der Waals surface area contributed by atoms with Crippen molar-refractivity contribution in [3.8, 4) is 11.1 Å². The molecular formula is C23H26N4O. The molecular weight excluding hydrogens is 348 g/mol. The Balaban J connectivity index is 1.52. The summed E-state index contributed by atoms with van der Waals surface area (Å²) in [6, 6.07) is 8.42. The van der Waals surface area contributed by atoms with Gasteiger partial charge in [-0.05, 0) is 60.9 Å². The van der Waals surface area contributed by atoms with Gasteiger partial charge in [0.25, 0.3) is 0 Å². The first kappa shape index (κ1) is 17.6. The number of carbonyl (C=O) groups is 1. The highest BCUT2D eigenvalue weighted by molar-refractivity contribution is 6.01. The van der Waals surface area contributed by atoms with E-state index in [1.165, 1.54) is 44.3 Å². The highest BCUT2D eigenvalue weighted by Gasteiger charge is 2.45. The molecule has 1 aromatic carbocycles. The number of nitrogens with zero attached hydrogens (tertiary/aromatic N) is 4. The van der Waals surface area contributed by atoms with Crippen LogP contribution in [0, 0.1) is 5.41 Å². The summed E-state index contributed by atoms with van der Waals surface area (Å²) in [5.41, 5.74) is 5.33. The molecule has 1 aliphatic heterocycles. The molecule has 1 saturated heterocycles. The Morgan fingerprint density at radius 3 is 2.79 bits per heavy atom. The summed E-state index contributed by atoms with van der Waals surface area (Å²) >= 11 is 0. The predicted molar refractivity (Wildman–Crippen MR) is 110 cm³/mol. The SMILES string of the molecule is CC(=O)c1cc(-c2cnn(C)c2)c2ccc(CN3CCCC4(CC4)C3)cc2n1. The summed E-state index contributed by atoms with van der Waals surface area (Å²) in [5.74, 6) is -0.0100. The monoisotopic (exact) mass is 374 g/mol. The Labute approximate surface area is 165 Å². The van der Waals surface area contributed by atoms with Gasteiger partial charge in [0.1, 0.15) is 5.69 Å². The van der Waals surface area contributed by atoms with Gasteiger partial charge >= 0.3 is 0 Å². The van der Waals surface area contributed by atoms with E-state index in [1.54, 1.807) is 11.6 Å². The summed E-state index contributed by atoms with van der Waals surface area (Å²) in [5, 5.41) is 5.36. The second kappa shape index (κ2) is 6.52. The number of aryl methyl sites for hydroxylation is 1. The molecule has 3 heterocycles. The van der Waals surface area contributed by atoms with Crippen molar-refractivity contribution in [2.45, 2.75) is 39.2 Å². The standard InChI is InChI=1S/C23H26N4O/c1-16(28)21-11-20(18-12-24-26(2)14-18)19-5-4-17(10-22(19)25-21)13-27-9-3-6-23(15-27)7-8-23/h4-5,10-12,14H,3,6-9,13,15H2,1-2H3. The lowest BCUT2D eigenvalue weighted by atomic mass is 9.94. The number of aromatic nitrogens is 3. The molecule has 0 N–H and O–H groups in total. The zero-order valence-corrected chi connectivity index (χ0v) is 16.6. The van der Waals surface area contributed by atoms with Gasteiger partial charge in [0.15, 0.2) is 5.78 Å². The van der Waals surface area contributed by atoms with Crippen LogP contribution in [0.25, 0.3) is 22.0 Å². The average molecular weight is 374 g/mol. The van der Waals surface area contributed by atoms with E-state index in [9.17, 15) is 4.79 Å². The number of benzene rings is 1. The lowest BCUT2D eigenvalue weighted by Crippen LogP contribution is -2.35. The van der Waals surface area contributed by atoms with Crippen LogP contribution in [0.4, 0.5) is 0 Å². The molecule has 5 nitrogen and oxygen atoms in total. The van der Waals surface area contributed by atoms with E-state index in [-0.39, 0.29) is 5.78 Å². The predicted octanol–water partition coefficient (Wildman–Crippen LogP) is 4.21. The van der Waals surface area contributed by atoms with Crippen LogP contribution in [0.3, 0.4) is 0 Å². The number of likely N-dealkylation sites (tertiary alicyclic amines) is 1. The van der Waals surface area contributed by atoms with Gasteiger partial charge in [-0.1, -0.05) is 12.1 Å². The van der Waals surface area contributed by atoms with Crippen LogP contribution in [0.2, 0.25) is 0 Å². The van der Waals surface area contributed by atoms with E-state index in [1.807, 2.05) is 25.5 Å². The number of hydrogen-bond acceptors (Lipinski definition) is 4. The quantitative estimate of drug-likeness (QED) is 0.642. The average Bonchev–Trinajstić information content (AvgIpc) is 3.26. The van der Waals surface area contributed by atoms with Gasteiger partial charge < -0.3 is 0 Å². The number of piperidine rings is 1. The number of pyridine rings is 1. The lowest BCUT2D eigenvalue weighted by Gasteiger charge is -2.33. The number of rotatable bonds is 4. The summed E-state index contributed by atoms with van der Waals surface area (Å²) in [7, 11) is 1.90. The minimum Gasteiger partial charge on any atom is -0.299 e.